The Morgan fingerprint density at radius 3 is 2.55 bits per heavy atom. The third-order valence-corrected chi connectivity index (χ3v) is 1.35. The number of carbonyl (C=O) groups excluding carboxylic acids is 2. The highest BCUT2D eigenvalue weighted by atomic mass is 16.5. The monoisotopic (exact) mass is 158 g/mol. The molecule has 1 atom stereocenters. The predicted molar refractivity (Wildman–Crippen MR) is 41.1 cm³/mol. The van der Waals surface area contributed by atoms with Crippen molar-refractivity contribution < 1.29 is 14.3 Å². The van der Waals surface area contributed by atoms with Crippen LogP contribution in [0.3, 0.4) is 0 Å². The number of ether oxygens (including phenoxy) is 1. The molecule has 0 heterocycles. The van der Waals surface area contributed by atoms with Crippen LogP contribution in [-0.2, 0) is 14.3 Å². The standard InChI is InChI=1S/C8H14O3/c1-3-5-7(6-9)8(10)11-4-2/h6-7H,3-5H2,1-2H3/t7-/m1/s1. The van der Waals surface area contributed by atoms with E-state index >= 15 is 0 Å². The Labute approximate surface area is 66.7 Å². The topological polar surface area (TPSA) is 43.4 Å². The van der Waals surface area contributed by atoms with Crippen LogP contribution in [0.2, 0.25) is 0 Å². The van der Waals surface area contributed by atoms with Gasteiger partial charge in [0, 0.05) is 0 Å². The number of esters is 1. The maximum atomic E-state index is 10.9. The van der Waals surface area contributed by atoms with Crippen LogP contribution in [0, 0.1) is 5.92 Å². The SMILES string of the molecule is CCC[C@H](C=O)C(=O)OCC. The molecule has 0 saturated heterocycles. The van der Waals surface area contributed by atoms with Gasteiger partial charge in [0.15, 0.2) is 0 Å². The van der Waals surface area contributed by atoms with Gasteiger partial charge in [0.1, 0.15) is 12.2 Å². The van der Waals surface area contributed by atoms with Crippen LogP contribution in [0.4, 0.5) is 0 Å². The molecule has 0 aliphatic rings. The summed E-state index contributed by atoms with van der Waals surface area (Å²) in [5, 5.41) is 0. The largest absolute Gasteiger partial charge is 0.465 e. The molecule has 0 fully saturated rings. The van der Waals surface area contributed by atoms with Crippen LogP contribution in [0.15, 0.2) is 0 Å². The number of hydrogen-bond donors (Lipinski definition) is 0. The van der Waals surface area contributed by atoms with E-state index in [1.54, 1.807) is 6.92 Å². The molecule has 0 saturated carbocycles. The van der Waals surface area contributed by atoms with Crippen molar-refractivity contribution in [1.82, 2.24) is 0 Å². The third kappa shape index (κ3) is 3.75. The van der Waals surface area contributed by atoms with Crippen molar-refractivity contribution >= 4 is 12.3 Å². The van der Waals surface area contributed by atoms with Gasteiger partial charge < -0.3 is 9.53 Å². The minimum Gasteiger partial charge on any atom is -0.465 e. The molecule has 0 unspecified atom stereocenters. The van der Waals surface area contributed by atoms with Gasteiger partial charge in [-0.05, 0) is 13.3 Å². The molecule has 0 aromatic heterocycles. The highest BCUT2D eigenvalue weighted by Gasteiger charge is 2.16. The van der Waals surface area contributed by atoms with E-state index < -0.39 is 11.9 Å². The van der Waals surface area contributed by atoms with Gasteiger partial charge in [-0.25, -0.2) is 0 Å². The van der Waals surface area contributed by atoms with Gasteiger partial charge in [-0.1, -0.05) is 13.3 Å². The van der Waals surface area contributed by atoms with Gasteiger partial charge in [-0.15, -0.1) is 0 Å². The van der Waals surface area contributed by atoms with Gasteiger partial charge in [-0.2, -0.15) is 0 Å². The second-order valence-corrected chi connectivity index (χ2v) is 2.28. The lowest BCUT2D eigenvalue weighted by atomic mass is 10.1. The summed E-state index contributed by atoms with van der Waals surface area (Å²) < 4.78 is 4.68. The lowest BCUT2D eigenvalue weighted by Crippen LogP contribution is -2.18. The Kier molecular flexibility index (Phi) is 5.43. The van der Waals surface area contributed by atoms with Crippen molar-refractivity contribution in [2.75, 3.05) is 6.61 Å². The first-order valence-corrected chi connectivity index (χ1v) is 3.88. The summed E-state index contributed by atoms with van der Waals surface area (Å²) in [6, 6.07) is 0. The fourth-order valence-electron chi connectivity index (χ4n) is 0.802. The van der Waals surface area contributed by atoms with Crippen LogP contribution < -0.4 is 0 Å². The van der Waals surface area contributed by atoms with E-state index in [0.717, 1.165) is 6.42 Å². The summed E-state index contributed by atoms with van der Waals surface area (Å²) in [7, 11) is 0. The van der Waals surface area contributed by atoms with Gasteiger partial charge in [0.25, 0.3) is 0 Å². The average Bonchev–Trinajstić information content (AvgIpc) is 2.00. The third-order valence-electron chi connectivity index (χ3n) is 1.35. The first-order valence-electron chi connectivity index (χ1n) is 3.88. The number of carbonyl (C=O) groups is 2. The molecule has 0 aliphatic heterocycles. The van der Waals surface area contributed by atoms with Crippen LogP contribution >= 0.6 is 0 Å². The first-order chi connectivity index (χ1) is 5.26. The summed E-state index contributed by atoms with van der Waals surface area (Å²) in [6.45, 7) is 3.99. The number of rotatable bonds is 5. The second-order valence-electron chi connectivity index (χ2n) is 2.28. The average molecular weight is 158 g/mol. The second kappa shape index (κ2) is 5.89. The maximum Gasteiger partial charge on any atom is 0.316 e. The zero-order valence-corrected chi connectivity index (χ0v) is 7.00. The van der Waals surface area contributed by atoms with Gasteiger partial charge in [0.05, 0.1) is 6.61 Å². The summed E-state index contributed by atoms with van der Waals surface area (Å²) in [6.07, 6.45) is 2.06. The fraction of sp³-hybridized carbons (Fsp3) is 0.750. The first kappa shape index (κ1) is 10.1. The molecule has 0 radical (unpaired) electrons. The van der Waals surface area contributed by atoms with Crippen molar-refractivity contribution in [3.63, 3.8) is 0 Å². The van der Waals surface area contributed by atoms with Crippen molar-refractivity contribution in [2.45, 2.75) is 26.7 Å². The highest BCUT2D eigenvalue weighted by molar-refractivity contribution is 5.87. The summed E-state index contributed by atoms with van der Waals surface area (Å²) >= 11 is 0. The van der Waals surface area contributed by atoms with E-state index in [1.807, 2.05) is 6.92 Å². The van der Waals surface area contributed by atoms with Crippen molar-refractivity contribution in [3.8, 4) is 0 Å². The van der Waals surface area contributed by atoms with Gasteiger partial charge in [0.2, 0.25) is 0 Å². The van der Waals surface area contributed by atoms with E-state index in [-0.39, 0.29) is 0 Å². The minimum absolute atomic E-state index is 0.340. The molecule has 0 amide bonds. The van der Waals surface area contributed by atoms with Crippen LogP contribution in [0.25, 0.3) is 0 Å². The minimum atomic E-state index is -0.556. The molecule has 0 aliphatic carbocycles. The molecular formula is C8H14O3. The molecule has 0 spiro atoms. The van der Waals surface area contributed by atoms with Crippen molar-refractivity contribution in [1.29, 1.82) is 0 Å². The Balaban J connectivity index is 3.81. The normalized spacial score (nSPS) is 12.2. The summed E-state index contributed by atoms with van der Waals surface area (Å²) in [5.41, 5.74) is 0. The highest BCUT2D eigenvalue weighted by Crippen LogP contribution is 2.04. The molecule has 64 valence electrons. The molecule has 3 nitrogen and oxygen atoms in total. The molecule has 0 aromatic rings. The van der Waals surface area contributed by atoms with Crippen molar-refractivity contribution in [3.05, 3.63) is 0 Å². The van der Waals surface area contributed by atoms with E-state index in [2.05, 4.69) is 4.74 Å². The molecule has 0 rings (SSSR count). The quantitative estimate of drug-likeness (QED) is 0.342. The van der Waals surface area contributed by atoms with Gasteiger partial charge >= 0.3 is 5.97 Å². The van der Waals surface area contributed by atoms with Gasteiger partial charge in [-0.3, -0.25) is 4.79 Å². The zero-order chi connectivity index (χ0) is 8.69. The zero-order valence-electron chi connectivity index (χ0n) is 7.00. The Morgan fingerprint density at radius 1 is 1.55 bits per heavy atom. The Hall–Kier alpha value is -0.860. The van der Waals surface area contributed by atoms with E-state index in [0.29, 0.717) is 19.3 Å². The Bertz CT molecular complexity index is 131. The fourth-order valence-corrected chi connectivity index (χ4v) is 0.802. The summed E-state index contributed by atoms with van der Waals surface area (Å²) in [5.74, 6) is -0.954. The molecule has 0 bridgehead atoms. The smallest absolute Gasteiger partial charge is 0.316 e. The van der Waals surface area contributed by atoms with Crippen LogP contribution in [0.1, 0.15) is 26.7 Å². The molecule has 3 heteroatoms. The van der Waals surface area contributed by atoms with E-state index in [4.69, 9.17) is 0 Å². The lowest BCUT2D eigenvalue weighted by Gasteiger charge is -2.06. The van der Waals surface area contributed by atoms with Crippen LogP contribution in [-0.4, -0.2) is 18.9 Å². The molecule has 0 aromatic carbocycles. The lowest BCUT2D eigenvalue weighted by molar-refractivity contribution is -0.149. The number of aldehydes is 1. The van der Waals surface area contributed by atoms with Crippen LogP contribution in [0.5, 0.6) is 0 Å². The number of hydrogen-bond acceptors (Lipinski definition) is 3. The molecule has 0 N–H and O–H groups in total. The van der Waals surface area contributed by atoms with E-state index in [1.165, 1.54) is 0 Å². The van der Waals surface area contributed by atoms with E-state index in [9.17, 15) is 9.59 Å². The summed E-state index contributed by atoms with van der Waals surface area (Å²) in [4.78, 5) is 21.2. The Morgan fingerprint density at radius 2 is 2.18 bits per heavy atom. The van der Waals surface area contributed by atoms with Crippen molar-refractivity contribution in [2.24, 2.45) is 5.92 Å². The molecular weight excluding hydrogens is 144 g/mol. The molecule has 11 heavy (non-hydrogen) atoms. The maximum absolute atomic E-state index is 10.9. The predicted octanol–water partition coefficient (Wildman–Crippen LogP) is 1.16.